The lowest BCUT2D eigenvalue weighted by Gasteiger charge is -2.23. The highest BCUT2D eigenvalue weighted by molar-refractivity contribution is 6.36. The van der Waals surface area contributed by atoms with E-state index in [2.05, 4.69) is 10.4 Å². The van der Waals surface area contributed by atoms with Crippen molar-refractivity contribution >= 4 is 34.5 Å². The number of rotatable bonds is 9. The molecule has 0 bridgehead atoms. The van der Waals surface area contributed by atoms with Gasteiger partial charge in [-0.25, -0.2) is 4.79 Å². The maximum absolute atomic E-state index is 13.7. The molecule has 1 N–H and O–H groups in total. The van der Waals surface area contributed by atoms with Crippen molar-refractivity contribution < 1.29 is 27.5 Å². The zero-order valence-electron chi connectivity index (χ0n) is 22.0. The number of nitrogens with one attached hydrogen (secondary N) is 1. The molecule has 0 aliphatic rings. The van der Waals surface area contributed by atoms with Crippen LogP contribution in [0.1, 0.15) is 30.5 Å². The molecule has 0 aliphatic heterocycles. The van der Waals surface area contributed by atoms with Crippen molar-refractivity contribution in [3.05, 3.63) is 88.4 Å². The van der Waals surface area contributed by atoms with Gasteiger partial charge in [0, 0.05) is 30.6 Å². The highest BCUT2D eigenvalue weighted by atomic mass is 35.5. The van der Waals surface area contributed by atoms with Gasteiger partial charge in [0.25, 0.3) is 0 Å². The third-order valence-corrected chi connectivity index (χ3v) is 6.63. The second kappa shape index (κ2) is 12.4. The number of amides is 2. The first-order chi connectivity index (χ1) is 19.1. The summed E-state index contributed by atoms with van der Waals surface area (Å²) in [6.07, 6.45) is -4.59. The Morgan fingerprint density at radius 3 is 2.48 bits per heavy atom. The lowest BCUT2D eigenvalue weighted by atomic mass is 9.98. The van der Waals surface area contributed by atoms with Gasteiger partial charge in [-0.3, -0.25) is 9.48 Å². The number of carbonyl (C=O) groups excluding carboxylic acids is 2. The summed E-state index contributed by atoms with van der Waals surface area (Å²) in [5.41, 5.74) is 1.45. The van der Waals surface area contributed by atoms with Gasteiger partial charge in [0.15, 0.2) is 0 Å². The van der Waals surface area contributed by atoms with Crippen molar-refractivity contribution in [2.75, 3.05) is 13.2 Å². The fourth-order valence-corrected chi connectivity index (χ4v) is 4.63. The first-order valence-corrected chi connectivity index (χ1v) is 13.1. The van der Waals surface area contributed by atoms with Crippen LogP contribution in [-0.4, -0.2) is 39.8 Å². The summed E-state index contributed by atoms with van der Waals surface area (Å²) in [5, 5.41) is 8.20. The van der Waals surface area contributed by atoms with Crippen molar-refractivity contribution in [3.63, 3.8) is 0 Å². The van der Waals surface area contributed by atoms with Gasteiger partial charge in [-0.2, -0.15) is 18.3 Å². The van der Waals surface area contributed by atoms with Crippen molar-refractivity contribution in [1.82, 2.24) is 20.0 Å². The molecule has 1 heterocycles. The summed E-state index contributed by atoms with van der Waals surface area (Å²) in [6.45, 7) is 3.81. The van der Waals surface area contributed by atoms with E-state index in [9.17, 15) is 22.8 Å². The Bertz CT molecular complexity index is 1510. The molecule has 11 heteroatoms. The number of carbonyl (C=O) groups is 2. The standard InChI is InChI=1S/C29H28ClF3N4O3/c1-3-36(28(39)34-16-19-9-6-5-7-10-19)17-20-15-21(29(31,32)33)13-14-22(20)27-26-23(30)11-8-12-24(26)37(35-27)18-25(38)40-4-2/h5-15H,3-4,16-18H2,1-2H3,(H,34,39). The van der Waals surface area contributed by atoms with Gasteiger partial charge in [0.2, 0.25) is 0 Å². The molecule has 7 nitrogen and oxygen atoms in total. The summed E-state index contributed by atoms with van der Waals surface area (Å²) in [4.78, 5) is 26.7. The van der Waals surface area contributed by atoms with Crippen molar-refractivity contribution in [1.29, 1.82) is 0 Å². The maximum Gasteiger partial charge on any atom is 0.416 e. The minimum atomic E-state index is -4.59. The van der Waals surface area contributed by atoms with Crippen LogP contribution in [-0.2, 0) is 35.3 Å². The Hall–Kier alpha value is -4.05. The summed E-state index contributed by atoms with van der Waals surface area (Å²) >= 11 is 6.54. The first kappa shape index (κ1) is 28.9. The topological polar surface area (TPSA) is 76.5 Å². The molecular formula is C29H28ClF3N4O3. The molecule has 210 valence electrons. The molecule has 2 amide bonds. The van der Waals surface area contributed by atoms with E-state index < -0.39 is 23.7 Å². The van der Waals surface area contributed by atoms with Gasteiger partial charge in [0.05, 0.1) is 22.7 Å². The number of fused-ring (bicyclic) bond motifs is 1. The molecule has 0 spiro atoms. The van der Waals surface area contributed by atoms with E-state index in [1.54, 1.807) is 32.0 Å². The number of urea groups is 1. The SMILES string of the molecule is CCOC(=O)Cn1nc(-c2ccc(C(F)(F)F)cc2CN(CC)C(=O)NCc2ccccc2)c2c(Cl)cccc21. The van der Waals surface area contributed by atoms with Crippen LogP contribution in [0.25, 0.3) is 22.2 Å². The highest BCUT2D eigenvalue weighted by Gasteiger charge is 2.32. The quantitative estimate of drug-likeness (QED) is 0.227. The fourth-order valence-electron chi connectivity index (χ4n) is 4.37. The maximum atomic E-state index is 13.7. The van der Waals surface area contributed by atoms with Crippen LogP contribution < -0.4 is 5.32 Å². The molecule has 3 aromatic carbocycles. The van der Waals surface area contributed by atoms with Crippen molar-refractivity contribution in [2.45, 2.75) is 39.7 Å². The molecule has 40 heavy (non-hydrogen) atoms. The van der Waals surface area contributed by atoms with Crippen LogP contribution in [0.4, 0.5) is 18.0 Å². The number of nitrogens with zero attached hydrogens (tertiary/aromatic N) is 3. The summed E-state index contributed by atoms with van der Waals surface area (Å²) in [5.74, 6) is -0.515. The number of ether oxygens (including phenoxy) is 1. The minimum absolute atomic E-state index is 0.118. The molecule has 0 saturated heterocycles. The van der Waals surface area contributed by atoms with E-state index in [-0.39, 0.29) is 38.3 Å². The number of hydrogen-bond acceptors (Lipinski definition) is 4. The number of alkyl halides is 3. The zero-order valence-corrected chi connectivity index (χ0v) is 22.7. The fraction of sp³-hybridized carbons (Fsp3) is 0.276. The molecule has 0 radical (unpaired) electrons. The van der Waals surface area contributed by atoms with Crippen LogP contribution in [0.3, 0.4) is 0 Å². The molecule has 4 aromatic rings. The summed E-state index contributed by atoms with van der Waals surface area (Å²) in [6, 6.07) is 17.2. The lowest BCUT2D eigenvalue weighted by molar-refractivity contribution is -0.144. The zero-order chi connectivity index (χ0) is 28.9. The number of esters is 1. The van der Waals surface area contributed by atoms with E-state index >= 15 is 0 Å². The average Bonchev–Trinajstić information content (AvgIpc) is 3.29. The molecular weight excluding hydrogens is 545 g/mol. The lowest BCUT2D eigenvalue weighted by Crippen LogP contribution is -2.39. The van der Waals surface area contributed by atoms with E-state index in [4.69, 9.17) is 16.3 Å². The largest absolute Gasteiger partial charge is 0.465 e. The Kier molecular flexibility index (Phi) is 8.99. The summed E-state index contributed by atoms with van der Waals surface area (Å²) < 4.78 is 47.7. The van der Waals surface area contributed by atoms with E-state index in [0.717, 1.165) is 17.7 Å². The van der Waals surface area contributed by atoms with E-state index in [1.165, 1.54) is 15.6 Å². The van der Waals surface area contributed by atoms with Gasteiger partial charge in [0.1, 0.15) is 12.2 Å². The number of aromatic nitrogens is 2. The third-order valence-electron chi connectivity index (χ3n) is 6.32. The molecule has 0 unspecified atom stereocenters. The molecule has 4 rings (SSSR count). The Morgan fingerprint density at radius 2 is 1.80 bits per heavy atom. The average molecular weight is 573 g/mol. The second-order valence-electron chi connectivity index (χ2n) is 8.97. The van der Waals surface area contributed by atoms with E-state index in [0.29, 0.717) is 27.2 Å². The van der Waals surface area contributed by atoms with Crippen LogP contribution in [0, 0.1) is 0 Å². The molecule has 1 aromatic heterocycles. The Morgan fingerprint density at radius 1 is 1.05 bits per heavy atom. The van der Waals surface area contributed by atoms with Crippen LogP contribution >= 0.6 is 11.6 Å². The van der Waals surface area contributed by atoms with Gasteiger partial charge in [-0.1, -0.05) is 54.1 Å². The molecule has 0 atom stereocenters. The highest BCUT2D eigenvalue weighted by Crippen LogP contribution is 2.38. The van der Waals surface area contributed by atoms with Crippen LogP contribution in [0.2, 0.25) is 5.02 Å². The van der Waals surface area contributed by atoms with Gasteiger partial charge in [-0.05, 0) is 49.2 Å². The second-order valence-corrected chi connectivity index (χ2v) is 9.38. The summed E-state index contributed by atoms with van der Waals surface area (Å²) in [7, 11) is 0. The first-order valence-electron chi connectivity index (χ1n) is 12.7. The number of hydrogen-bond donors (Lipinski definition) is 1. The normalized spacial score (nSPS) is 11.4. The molecule has 0 fully saturated rings. The monoisotopic (exact) mass is 572 g/mol. The smallest absolute Gasteiger partial charge is 0.416 e. The van der Waals surface area contributed by atoms with Gasteiger partial charge >= 0.3 is 18.2 Å². The molecule has 0 aliphatic carbocycles. The minimum Gasteiger partial charge on any atom is -0.465 e. The van der Waals surface area contributed by atoms with Gasteiger partial charge < -0.3 is 15.0 Å². The Labute approximate surface area is 234 Å². The van der Waals surface area contributed by atoms with E-state index in [1.807, 2.05) is 30.3 Å². The Balaban J connectivity index is 1.76. The third kappa shape index (κ3) is 6.56. The van der Waals surface area contributed by atoms with Gasteiger partial charge in [-0.15, -0.1) is 0 Å². The molecule has 0 saturated carbocycles. The number of benzene rings is 3. The van der Waals surface area contributed by atoms with Crippen molar-refractivity contribution in [2.24, 2.45) is 0 Å². The number of halogens is 4. The van der Waals surface area contributed by atoms with Crippen molar-refractivity contribution in [3.8, 4) is 11.3 Å². The van der Waals surface area contributed by atoms with Crippen LogP contribution in [0.5, 0.6) is 0 Å². The van der Waals surface area contributed by atoms with Crippen LogP contribution in [0.15, 0.2) is 66.7 Å². The predicted octanol–water partition coefficient (Wildman–Crippen LogP) is 6.67. The predicted molar refractivity (Wildman–Crippen MR) is 147 cm³/mol.